The Labute approximate surface area is 113 Å². The second-order valence-electron chi connectivity index (χ2n) is 6.81. The van der Waals surface area contributed by atoms with Crippen LogP contribution in [-0.4, -0.2) is 23.5 Å². The second-order valence-corrected chi connectivity index (χ2v) is 6.81. The largest absolute Gasteiger partial charge is 0.286 e. The summed E-state index contributed by atoms with van der Waals surface area (Å²) in [4.78, 5) is 2.37. The first-order valence-corrected chi connectivity index (χ1v) is 7.56. The topological polar surface area (TPSA) is 27.0 Å². The van der Waals surface area contributed by atoms with Gasteiger partial charge in [0, 0.05) is 0 Å². The predicted octanol–water partition coefficient (Wildman–Crippen LogP) is 4.22. The maximum atomic E-state index is 9.70. The molecule has 0 bridgehead atoms. The molecule has 1 fully saturated rings. The van der Waals surface area contributed by atoms with Crippen molar-refractivity contribution in [3.05, 3.63) is 0 Å². The lowest BCUT2D eigenvalue weighted by atomic mass is 9.76. The molecule has 0 aromatic rings. The van der Waals surface area contributed by atoms with Gasteiger partial charge in [0.15, 0.2) is 0 Å². The Kier molecular flexibility index (Phi) is 5.22. The molecule has 1 rings (SSSR count). The number of hydrogen-bond donors (Lipinski definition) is 0. The smallest absolute Gasteiger partial charge is 0.109 e. The first-order valence-electron chi connectivity index (χ1n) is 7.56. The average Bonchev–Trinajstić information content (AvgIpc) is 2.53. The van der Waals surface area contributed by atoms with Crippen molar-refractivity contribution in [1.82, 2.24) is 4.90 Å². The van der Waals surface area contributed by atoms with Gasteiger partial charge in [0.1, 0.15) is 5.54 Å². The highest BCUT2D eigenvalue weighted by Gasteiger charge is 2.39. The standard InChI is InChI=1S/C16H30N2/c1-6-18(7-2)16(13-17)11-8-9-14(10-12-16)15(3,4)5/h14H,6-12H2,1-5H3. The van der Waals surface area contributed by atoms with Crippen LogP contribution in [0.25, 0.3) is 0 Å². The first kappa shape index (κ1) is 15.5. The fourth-order valence-corrected chi connectivity index (χ4v) is 3.52. The summed E-state index contributed by atoms with van der Waals surface area (Å²) >= 11 is 0. The van der Waals surface area contributed by atoms with Gasteiger partial charge >= 0.3 is 0 Å². The van der Waals surface area contributed by atoms with Gasteiger partial charge < -0.3 is 0 Å². The number of nitriles is 1. The van der Waals surface area contributed by atoms with E-state index in [2.05, 4.69) is 45.6 Å². The van der Waals surface area contributed by atoms with E-state index in [-0.39, 0.29) is 5.54 Å². The van der Waals surface area contributed by atoms with Crippen molar-refractivity contribution in [2.45, 2.75) is 72.3 Å². The fraction of sp³-hybridized carbons (Fsp3) is 0.938. The lowest BCUT2D eigenvalue weighted by molar-refractivity contribution is 0.128. The van der Waals surface area contributed by atoms with Crippen molar-refractivity contribution in [2.75, 3.05) is 13.1 Å². The van der Waals surface area contributed by atoms with Crippen molar-refractivity contribution in [3.63, 3.8) is 0 Å². The Bertz CT molecular complexity index is 293. The van der Waals surface area contributed by atoms with Crippen LogP contribution in [-0.2, 0) is 0 Å². The van der Waals surface area contributed by atoms with Gasteiger partial charge in [0.2, 0.25) is 0 Å². The third-order valence-corrected chi connectivity index (χ3v) is 4.85. The second kappa shape index (κ2) is 6.06. The van der Waals surface area contributed by atoms with Crippen LogP contribution < -0.4 is 0 Å². The molecule has 0 N–H and O–H groups in total. The van der Waals surface area contributed by atoms with Crippen LogP contribution in [0.5, 0.6) is 0 Å². The van der Waals surface area contributed by atoms with Crippen molar-refractivity contribution < 1.29 is 0 Å². The molecule has 1 saturated carbocycles. The summed E-state index contributed by atoms with van der Waals surface area (Å²) in [5.41, 5.74) is 0.193. The van der Waals surface area contributed by atoms with Gasteiger partial charge in [-0.25, -0.2) is 0 Å². The summed E-state index contributed by atoms with van der Waals surface area (Å²) < 4.78 is 0. The molecule has 1 aliphatic rings. The van der Waals surface area contributed by atoms with Crippen LogP contribution in [0.2, 0.25) is 0 Å². The normalized spacial score (nSPS) is 29.9. The maximum Gasteiger partial charge on any atom is 0.109 e. The van der Waals surface area contributed by atoms with Crippen molar-refractivity contribution in [3.8, 4) is 6.07 Å². The molecule has 0 spiro atoms. The highest BCUT2D eigenvalue weighted by Crippen LogP contribution is 2.41. The molecule has 2 nitrogen and oxygen atoms in total. The summed E-state index contributed by atoms with van der Waals surface area (Å²) in [5.74, 6) is 0.767. The molecule has 0 heterocycles. The van der Waals surface area contributed by atoms with Gasteiger partial charge in [-0.15, -0.1) is 0 Å². The molecule has 0 aromatic carbocycles. The van der Waals surface area contributed by atoms with Gasteiger partial charge in [-0.2, -0.15) is 5.26 Å². The van der Waals surface area contributed by atoms with E-state index in [1.165, 1.54) is 19.3 Å². The summed E-state index contributed by atoms with van der Waals surface area (Å²) in [6.07, 6.45) is 5.79. The average molecular weight is 250 g/mol. The van der Waals surface area contributed by atoms with Gasteiger partial charge in [0.25, 0.3) is 0 Å². The molecule has 0 aromatic heterocycles. The molecule has 1 aliphatic carbocycles. The zero-order chi connectivity index (χ0) is 13.8. The third-order valence-electron chi connectivity index (χ3n) is 4.85. The van der Waals surface area contributed by atoms with Gasteiger partial charge in [-0.05, 0) is 50.1 Å². The first-order chi connectivity index (χ1) is 8.39. The van der Waals surface area contributed by atoms with Crippen LogP contribution in [0.3, 0.4) is 0 Å². The van der Waals surface area contributed by atoms with E-state index in [1.807, 2.05) is 0 Å². The molecule has 2 heteroatoms. The molecule has 18 heavy (non-hydrogen) atoms. The monoisotopic (exact) mass is 250 g/mol. The molecular formula is C16H30N2. The Morgan fingerprint density at radius 3 is 2.22 bits per heavy atom. The molecule has 0 saturated heterocycles. The number of rotatable bonds is 3. The molecule has 104 valence electrons. The number of hydrogen-bond acceptors (Lipinski definition) is 2. The Morgan fingerprint density at radius 1 is 1.17 bits per heavy atom. The van der Waals surface area contributed by atoms with Crippen LogP contribution in [0.4, 0.5) is 0 Å². The van der Waals surface area contributed by atoms with E-state index in [0.717, 1.165) is 31.8 Å². The molecule has 0 amide bonds. The van der Waals surface area contributed by atoms with Crippen LogP contribution in [0.1, 0.15) is 66.7 Å². The van der Waals surface area contributed by atoms with E-state index in [1.54, 1.807) is 0 Å². The Hall–Kier alpha value is -0.550. The van der Waals surface area contributed by atoms with Crippen LogP contribution in [0.15, 0.2) is 0 Å². The van der Waals surface area contributed by atoms with Crippen molar-refractivity contribution in [1.29, 1.82) is 5.26 Å². The third kappa shape index (κ3) is 3.26. The molecular weight excluding hydrogens is 220 g/mol. The Morgan fingerprint density at radius 2 is 1.78 bits per heavy atom. The lowest BCUT2D eigenvalue weighted by Gasteiger charge is -2.37. The minimum atomic E-state index is -0.191. The predicted molar refractivity (Wildman–Crippen MR) is 77.3 cm³/mol. The zero-order valence-electron chi connectivity index (χ0n) is 12.9. The zero-order valence-corrected chi connectivity index (χ0v) is 12.9. The minimum absolute atomic E-state index is 0.191. The minimum Gasteiger partial charge on any atom is -0.286 e. The fourth-order valence-electron chi connectivity index (χ4n) is 3.52. The quantitative estimate of drug-likeness (QED) is 0.701. The van der Waals surface area contributed by atoms with Gasteiger partial charge in [-0.1, -0.05) is 41.0 Å². The Balaban J connectivity index is 2.83. The maximum absolute atomic E-state index is 9.70. The highest BCUT2D eigenvalue weighted by atomic mass is 15.2. The van der Waals surface area contributed by atoms with Crippen LogP contribution in [0, 0.1) is 22.7 Å². The van der Waals surface area contributed by atoms with E-state index >= 15 is 0 Å². The molecule has 0 aliphatic heterocycles. The van der Waals surface area contributed by atoms with Gasteiger partial charge in [0.05, 0.1) is 6.07 Å². The molecule has 2 unspecified atom stereocenters. The van der Waals surface area contributed by atoms with E-state index in [4.69, 9.17) is 0 Å². The van der Waals surface area contributed by atoms with Crippen molar-refractivity contribution >= 4 is 0 Å². The van der Waals surface area contributed by atoms with Gasteiger partial charge in [-0.3, -0.25) is 4.90 Å². The van der Waals surface area contributed by atoms with E-state index in [9.17, 15) is 5.26 Å². The highest BCUT2D eigenvalue weighted by molar-refractivity contribution is 5.09. The van der Waals surface area contributed by atoms with E-state index in [0.29, 0.717) is 5.41 Å². The molecule has 0 radical (unpaired) electrons. The van der Waals surface area contributed by atoms with E-state index < -0.39 is 0 Å². The summed E-state index contributed by atoms with van der Waals surface area (Å²) in [6, 6.07) is 2.66. The van der Waals surface area contributed by atoms with Crippen LogP contribution >= 0.6 is 0 Å². The SMILES string of the molecule is CCN(CC)C1(C#N)CCCC(C(C)(C)C)CC1. The number of nitrogens with zero attached hydrogens (tertiary/aromatic N) is 2. The lowest BCUT2D eigenvalue weighted by Crippen LogP contribution is -2.47. The molecule has 2 atom stereocenters. The summed E-state index contributed by atoms with van der Waals surface area (Å²) in [7, 11) is 0. The summed E-state index contributed by atoms with van der Waals surface area (Å²) in [5, 5.41) is 9.70. The van der Waals surface area contributed by atoms with Crippen molar-refractivity contribution in [2.24, 2.45) is 11.3 Å². The summed E-state index contributed by atoms with van der Waals surface area (Å²) in [6.45, 7) is 13.4.